The van der Waals surface area contributed by atoms with Crippen molar-refractivity contribution in [3.8, 4) is 17.6 Å². The van der Waals surface area contributed by atoms with E-state index < -0.39 is 5.97 Å². The molecule has 1 aromatic carbocycles. The summed E-state index contributed by atoms with van der Waals surface area (Å²) in [7, 11) is 3.00. The Bertz CT molecular complexity index is 682. The van der Waals surface area contributed by atoms with Crippen molar-refractivity contribution in [2.45, 2.75) is 6.54 Å². The summed E-state index contributed by atoms with van der Waals surface area (Å²) in [5, 5.41) is 18.7. The van der Waals surface area contributed by atoms with E-state index in [9.17, 15) is 9.90 Å². The number of carboxylic acid groups (broad SMARTS) is 1. The summed E-state index contributed by atoms with van der Waals surface area (Å²) in [5.41, 5.74) is 0.616. The topological polar surface area (TPSA) is 84.5 Å². The van der Waals surface area contributed by atoms with Gasteiger partial charge in [-0.2, -0.15) is 5.26 Å². The molecule has 1 aromatic heterocycles. The molecule has 0 atom stereocenters. The van der Waals surface area contributed by atoms with Crippen LogP contribution in [0.1, 0.15) is 10.5 Å². The van der Waals surface area contributed by atoms with Crippen LogP contribution in [0.15, 0.2) is 18.2 Å². The summed E-state index contributed by atoms with van der Waals surface area (Å²) in [5.74, 6) is -0.0556. The minimum absolute atomic E-state index is 0.0445. The second-order valence-electron chi connectivity index (χ2n) is 3.85. The molecule has 0 saturated carbocycles. The van der Waals surface area contributed by atoms with Crippen LogP contribution in [-0.2, 0) is 6.54 Å². The number of carbonyl (C=O) groups is 1. The largest absolute Gasteiger partial charge is 0.497 e. The lowest BCUT2D eigenvalue weighted by Crippen LogP contribution is -2.07. The van der Waals surface area contributed by atoms with Crippen molar-refractivity contribution < 1.29 is 19.4 Å². The molecule has 0 aliphatic heterocycles. The fourth-order valence-corrected chi connectivity index (χ4v) is 2.03. The Balaban J connectivity index is 2.83. The Hall–Kier alpha value is -2.68. The Kier molecular flexibility index (Phi) is 3.29. The molecule has 1 heterocycles. The SMILES string of the molecule is COc1cc(OC)c2c(c1)cc(C(=O)O)n2CC#N. The van der Waals surface area contributed by atoms with E-state index in [0.29, 0.717) is 22.4 Å². The second kappa shape index (κ2) is 4.90. The number of fused-ring (bicyclic) bond motifs is 1. The minimum Gasteiger partial charge on any atom is -0.497 e. The third kappa shape index (κ3) is 2.06. The van der Waals surface area contributed by atoms with Crippen molar-refractivity contribution in [2.24, 2.45) is 0 Å². The van der Waals surface area contributed by atoms with Crippen LogP contribution in [0.5, 0.6) is 11.5 Å². The Morgan fingerprint density at radius 2 is 2.11 bits per heavy atom. The van der Waals surface area contributed by atoms with Crippen LogP contribution in [-0.4, -0.2) is 29.9 Å². The van der Waals surface area contributed by atoms with Gasteiger partial charge in [0, 0.05) is 11.5 Å². The van der Waals surface area contributed by atoms with Gasteiger partial charge in [-0.05, 0) is 12.1 Å². The predicted octanol–water partition coefficient (Wildman–Crippen LogP) is 1.88. The van der Waals surface area contributed by atoms with E-state index >= 15 is 0 Å². The molecule has 0 unspecified atom stereocenters. The zero-order valence-electron chi connectivity index (χ0n) is 10.5. The number of benzene rings is 1. The molecule has 98 valence electrons. The van der Waals surface area contributed by atoms with Gasteiger partial charge in [0.15, 0.2) is 0 Å². The van der Waals surface area contributed by atoms with Crippen LogP contribution in [0.2, 0.25) is 0 Å². The molecular formula is C13H12N2O4. The van der Waals surface area contributed by atoms with Gasteiger partial charge in [0.05, 0.1) is 25.8 Å². The van der Waals surface area contributed by atoms with E-state index in [1.54, 1.807) is 12.1 Å². The van der Waals surface area contributed by atoms with Crippen molar-refractivity contribution in [1.29, 1.82) is 5.26 Å². The lowest BCUT2D eigenvalue weighted by molar-refractivity contribution is 0.0686. The van der Waals surface area contributed by atoms with Gasteiger partial charge in [-0.25, -0.2) is 4.79 Å². The summed E-state index contributed by atoms with van der Waals surface area (Å²) < 4.78 is 11.8. The molecule has 2 aromatic rings. The number of rotatable bonds is 4. The first-order valence-corrected chi connectivity index (χ1v) is 5.48. The molecule has 0 saturated heterocycles. The Morgan fingerprint density at radius 1 is 1.37 bits per heavy atom. The lowest BCUT2D eigenvalue weighted by atomic mass is 10.2. The highest BCUT2D eigenvalue weighted by atomic mass is 16.5. The molecule has 0 bridgehead atoms. The molecule has 6 nitrogen and oxygen atoms in total. The average molecular weight is 260 g/mol. The minimum atomic E-state index is -1.09. The second-order valence-corrected chi connectivity index (χ2v) is 3.85. The van der Waals surface area contributed by atoms with Crippen LogP contribution >= 0.6 is 0 Å². The molecular weight excluding hydrogens is 248 g/mol. The number of nitrogens with zero attached hydrogens (tertiary/aromatic N) is 2. The van der Waals surface area contributed by atoms with Crippen molar-refractivity contribution in [3.05, 3.63) is 23.9 Å². The van der Waals surface area contributed by atoms with Gasteiger partial charge in [-0.1, -0.05) is 0 Å². The number of aromatic carboxylic acids is 1. The molecule has 2 rings (SSSR count). The normalized spacial score (nSPS) is 10.2. The van der Waals surface area contributed by atoms with Crippen molar-refractivity contribution in [2.75, 3.05) is 14.2 Å². The van der Waals surface area contributed by atoms with Gasteiger partial charge in [-0.3, -0.25) is 0 Å². The van der Waals surface area contributed by atoms with E-state index in [2.05, 4.69) is 0 Å². The smallest absolute Gasteiger partial charge is 0.352 e. The molecule has 19 heavy (non-hydrogen) atoms. The summed E-state index contributed by atoms with van der Waals surface area (Å²) in [6.45, 7) is -0.0617. The average Bonchev–Trinajstić information content (AvgIpc) is 2.77. The first kappa shape index (κ1) is 12.8. The lowest BCUT2D eigenvalue weighted by Gasteiger charge is -2.09. The van der Waals surface area contributed by atoms with Crippen LogP contribution < -0.4 is 9.47 Å². The van der Waals surface area contributed by atoms with E-state index in [4.69, 9.17) is 14.7 Å². The zero-order chi connectivity index (χ0) is 14.0. The quantitative estimate of drug-likeness (QED) is 0.907. The maximum absolute atomic E-state index is 11.2. The monoisotopic (exact) mass is 260 g/mol. The molecule has 1 N–H and O–H groups in total. The highest BCUT2D eigenvalue weighted by Gasteiger charge is 2.18. The van der Waals surface area contributed by atoms with Gasteiger partial charge < -0.3 is 19.1 Å². The van der Waals surface area contributed by atoms with Crippen LogP contribution in [0, 0.1) is 11.3 Å². The number of aromatic nitrogens is 1. The first-order valence-electron chi connectivity index (χ1n) is 5.48. The molecule has 0 aliphatic carbocycles. The van der Waals surface area contributed by atoms with Crippen LogP contribution in [0.25, 0.3) is 10.9 Å². The molecule has 0 fully saturated rings. The summed E-state index contributed by atoms with van der Waals surface area (Å²) >= 11 is 0. The zero-order valence-corrected chi connectivity index (χ0v) is 10.5. The van der Waals surface area contributed by atoms with Crippen molar-refractivity contribution in [3.63, 3.8) is 0 Å². The summed E-state index contributed by atoms with van der Waals surface area (Å²) in [6.07, 6.45) is 0. The van der Waals surface area contributed by atoms with Gasteiger partial charge in [0.2, 0.25) is 0 Å². The number of methoxy groups -OCH3 is 2. The van der Waals surface area contributed by atoms with Crippen molar-refractivity contribution >= 4 is 16.9 Å². The molecule has 0 spiro atoms. The predicted molar refractivity (Wildman–Crippen MR) is 67.6 cm³/mol. The van der Waals surface area contributed by atoms with Gasteiger partial charge in [-0.15, -0.1) is 0 Å². The molecule has 6 heteroatoms. The number of carboxylic acids is 1. The van der Waals surface area contributed by atoms with Gasteiger partial charge in [0.25, 0.3) is 0 Å². The van der Waals surface area contributed by atoms with Gasteiger partial charge in [0.1, 0.15) is 23.7 Å². The van der Waals surface area contributed by atoms with E-state index in [1.165, 1.54) is 24.9 Å². The van der Waals surface area contributed by atoms with Crippen molar-refractivity contribution in [1.82, 2.24) is 4.57 Å². The third-order valence-electron chi connectivity index (χ3n) is 2.83. The number of nitriles is 1. The van der Waals surface area contributed by atoms with Crippen LogP contribution in [0.3, 0.4) is 0 Å². The third-order valence-corrected chi connectivity index (χ3v) is 2.83. The van der Waals surface area contributed by atoms with Gasteiger partial charge >= 0.3 is 5.97 Å². The highest BCUT2D eigenvalue weighted by Crippen LogP contribution is 2.33. The Labute approximate surface area is 109 Å². The number of hydrogen-bond donors (Lipinski definition) is 1. The fourth-order valence-electron chi connectivity index (χ4n) is 2.03. The molecule has 0 aliphatic rings. The molecule has 0 radical (unpaired) electrons. The maximum atomic E-state index is 11.2. The van der Waals surface area contributed by atoms with E-state index in [-0.39, 0.29) is 12.2 Å². The summed E-state index contributed by atoms with van der Waals surface area (Å²) in [4.78, 5) is 11.2. The molecule has 0 amide bonds. The maximum Gasteiger partial charge on any atom is 0.352 e. The standard InChI is InChI=1S/C13H12N2O4/c1-18-9-5-8-6-10(13(16)17)15(4-3-14)12(8)11(7-9)19-2/h5-7H,4H2,1-2H3,(H,16,17). The fraction of sp³-hybridized carbons (Fsp3) is 0.231. The van der Waals surface area contributed by atoms with E-state index in [1.807, 2.05) is 6.07 Å². The summed E-state index contributed by atoms with van der Waals surface area (Å²) in [6, 6.07) is 6.81. The Morgan fingerprint density at radius 3 is 2.63 bits per heavy atom. The van der Waals surface area contributed by atoms with E-state index in [0.717, 1.165) is 0 Å². The van der Waals surface area contributed by atoms with Crippen LogP contribution in [0.4, 0.5) is 0 Å². The number of ether oxygens (including phenoxy) is 2. The first-order chi connectivity index (χ1) is 9.12. The highest BCUT2D eigenvalue weighted by molar-refractivity contribution is 5.97. The number of hydrogen-bond acceptors (Lipinski definition) is 4.